The van der Waals surface area contributed by atoms with Crippen LogP contribution in [0.2, 0.25) is 0 Å². The molecule has 0 saturated carbocycles. The van der Waals surface area contributed by atoms with Gasteiger partial charge in [-0.05, 0) is 6.07 Å². The Kier molecular flexibility index (Phi) is 2.15. The van der Waals surface area contributed by atoms with Crippen molar-refractivity contribution in [1.29, 1.82) is 0 Å². The molecule has 50 valence electrons. The Hall–Kier alpha value is -0.960. The average Bonchev–Trinajstić information content (AvgIpc) is 2.34. The van der Waals surface area contributed by atoms with E-state index in [2.05, 4.69) is 5.32 Å². The van der Waals surface area contributed by atoms with Gasteiger partial charge in [-0.15, -0.1) is 0 Å². The summed E-state index contributed by atoms with van der Waals surface area (Å²) in [4.78, 5) is 0. The van der Waals surface area contributed by atoms with E-state index in [9.17, 15) is 0 Å². The van der Waals surface area contributed by atoms with Gasteiger partial charge in [0.2, 0.25) is 0 Å². The van der Waals surface area contributed by atoms with E-state index >= 15 is 0 Å². The van der Waals surface area contributed by atoms with Crippen LogP contribution in [-0.4, -0.2) is 13.1 Å². The second-order valence-corrected chi connectivity index (χ2v) is 1.73. The zero-order valence-electron chi connectivity index (χ0n) is 5.13. The summed E-state index contributed by atoms with van der Waals surface area (Å²) >= 11 is 0. The highest BCUT2D eigenvalue weighted by molar-refractivity contribution is 5.38. The highest BCUT2D eigenvalue weighted by Crippen LogP contribution is 2.04. The molecule has 0 saturated heterocycles. The first-order chi connectivity index (χ1) is 4.43. The molecule has 9 heavy (non-hydrogen) atoms. The van der Waals surface area contributed by atoms with Gasteiger partial charge in [-0.1, -0.05) is 0 Å². The number of anilines is 1. The minimum absolute atomic E-state index is 0.644. The van der Waals surface area contributed by atoms with Crippen molar-refractivity contribution in [3.05, 3.63) is 18.6 Å². The van der Waals surface area contributed by atoms with E-state index in [0.29, 0.717) is 6.54 Å². The molecule has 0 aromatic carbocycles. The van der Waals surface area contributed by atoms with Crippen LogP contribution in [0.3, 0.4) is 0 Å². The molecule has 0 aliphatic heterocycles. The van der Waals surface area contributed by atoms with E-state index in [1.165, 1.54) is 0 Å². The molecule has 0 spiro atoms. The van der Waals surface area contributed by atoms with Gasteiger partial charge < -0.3 is 15.5 Å². The average molecular weight is 126 g/mol. The van der Waals surface area contributed by atoms with Gasteiger partial charge in [-0.25, -0.2) is 0 Å². The molecule has 3 N–H and O–H groups in total. The van der Waals surface area contributed by atoms with E-state index in [4.69, 9.17) is 10.2 Å². The van der Waals surface area contributed by atoms with Crippen molar-refractivity contribution < 1.29 is 4.42 Å². The molecule has 1 aromatic rings. The zero-order valence-corrected chi connectivity index (χ0v) is 5.13. The Balaban J connectivity index is 2.30. The number of nitrogens with two attached hydrogens (primary N) is 1. The van der Waals surface area contributed by atoms with Gasteiger partial charge >= 0.3 is 0 Å². The molecule has 0 aliphatic rings. The predicted octanol–water partition coefficient (Wildman–Crippen LogP) is 0.650. The van der Waals surface area contributed by atoms with Crippen molar-refractivity contribution in [1.82, 2.24) is 0 Å². The third-order valence-electron chi connectivity index (χ3n) is 0.995. The Bertz CT molecular complexity index is 148. The predicted molar refractivity (Wildman–Crippen MR) is 36.3 cm³/mol. The maximum absolute atomic E-state index is 5.25. The van der Waals surface area contributed by atoms with Crippen molar-refractivity contribution in [3.8, 4) is 0 Å². The number of nitrogens with one attached hydrogen (secondary N) is 1. The highest BCUT2D eigenvalue weighted by atomic mass is 16.3. The molecule has 0 aliphatic carbocycles. The van der Waals surface area contributed by atoms with Crippen LogP contribution in [0.5, 0.6) is 0 Å². The quantitative estimate of drug-likeness (QED) is 0.625. The molecule has 0 fully saturated rings. The minimum Gasteiger partial charge on any atom is -0.470 e. The molecule has 0 unspecified atom stereocenters. The fraction of sp³-hybridized carbons (Fsp3) is 0.333. The standard InChI is InChI=1S/C6H10N2O/c7-2-3-8-6-1-4-9-5-6/h1,4-5,8H,2-3,7H2. The molecule has 1 heterocycles. The molecular formula is C6H10N2O. The second-order valence-electron chi connectivity index (χ2n) is 1.73. The van der Waals surface area contributed by atoms with Crippen LogP contribution in [0, 0.1) is 0 Å². The van der Waals surface area contributed by atoms with Gasteiger partial charge in [0.15, 0.2) is 0 Å². The number of furan rings is 1. The van der Waals surface area contributed by atoms with Gasteiger partial charge in [0.05, 0.1) is 12.0 Å². The molecule has 3 heteroatoms. The first-order valence-corrected chi connectivity index (χ1v) is 2.89. The highest BCUT2D eigenvalue weighted by Gasteiger charge is 1.87. The largest absolute Gasteiger partial charge is 0.470 e. The van der Waals surface area contributed by atoms with E-state index in [0.717, 1.165) is 12.2 Å². The molecule has 0 bridgehead atoms. The number of hydrogen-bond donors (Lipinski definition) is 2. The van der Waals surface area contributed by atoms with E-state index < -0.39 is 0 Å². The van der Waals surface area contributed by atoms with Crippen LogP contribution < -0.4 is 11.1 Å². The third-order valence-corrected chi connectivity index (χ3v) is 0.995. The summed E-state index contributed by atoms with van der Waals surface area (Å²) in [5, 5.41) is 3.06. The summed E-state index contributed by atoms with van der Waals surface area (Å²) in [6.07, 6.45) is 3.27. The molecule has 3 nitrogen and oxygen atoms in total. The smallest absolute Gasteiger partial charge is 0.113 e. The maximum Gasteiger partial charge on any atom is 0.113 e. The Morgan fingerprint density at radius 1 is 1.67 bits per heavy atom. The summed E-state index contributed by atoms with van der Waals surface area (Å²) in [7, 11) is 0. The van der Waals surface area contributed by atoms with Crippen LogP contribution in [0.25, 0.3) is 0 Å². The van der Waals surface area contributed by atoms with E-state index in [-0.39, 0.29) is 0 Å². The summed E-state index contributed by atoms with van der Waals surface area (Å²) < 4.78 is 4.81. The lowest BCUT2D eigenvalue weighted by molar-refractivity contribution is 0.568. The Morgan fingerprint density at radius 3 is 3.11 bits per heavy atom. The first kappa shape index (κ1) is 6.16. The Morgan fingerprint density at radius 2 is 2.56 bits per heavy atom. The van der Waals surface area contributed by atoms with E-state index in [1.54, 1.807) is 12.5 Å². The lowest BCUT2D eigenvalue weighted by Crippen LogP contribution is -2.12. The molecule has 0 amide bonds. The van der Waals surface area contributed by atoms with Crippen molar-refractivity contribution in [2.24, 2.45) is 5.73 Å². The van der Waals surface area contributed by atoms with Crippen LogP contribution >= 0.6 is 0 Å². The van der Waals surface area contributed by atoms with Crippen molar-refractivity contribution in [3.63, 3.8) is 0 Å². The van der Waals surface area contributed by atoms with Crippen LogP contribution in [0.15, 0.2) is 23.0 Å². The minimum atomic E-state index is 0.644. The lowest BCUT2D eigenvalue weighted by atomic mass is 10.5. The molecule has 1 aromatic heterocycles. The SMILES string of the molecule is NCCNc1ccoc1. The Labute approximate surface area is 53.8 Å². The first-order valence-electron chi connectivity index (χ1n) is 2.89. The number of hydrogen-bond acceptors (Lipinski definition) is 3. The fourth-order valence-corrected chi connectivity index (χ4v) is 0.582. The lowest BCUT2D eigenvalue weighted by Gasteiger charge is -1.96. The molecule has 1 rings (SSSR count). The van der Waals surface area contributed by atoms with Gasteiger partial charge in [0.1, 0.15) is 6.26 Å². The topological polar surface area (TPSA) is 51.2 Å². The van der Waals surface area contributed by atoms with Crippen molar-refractivity contribution in [2.45, 2.75) is 0 Å². The summed E-state index contributed by atoms with van der Waals surface area (Å²) in [6, 6.07) is 1.86. The maximum atomic E-state index is 5.25. The summed E-state index contributed by atoms with van der Waals surface area (Å²) in [5.74, 6) is 0. The molecule has 0 atom stereocenters. The summed E-state index contributed by atoms with van der Waals surface area (Å²) in [5.41, 5.74) is 6.24. The fourth-order valence-electron chi connectivity index (χ4n) is 0.582. The summed E-state index contributed by atoms with van der Waals surface area (Å²) in [6.45, 7) is 1.44. The van der Waals surface area contributed by atoms with Crippen LogP contribution in [-0.2, 0) is 0 Å². The van der Waals surface area contributed by atoms with Gasteiger partial charge in [0.25, 0.3) is 0 Å². The van der Waals surface area contributed by atoms with Gasteiger partial charge in [-0.2, -0.15) is 0 Å². The van der Waals surface area contributed by atoms with Crippen LogP contribution in [0.1, 0.15) is 0 Å². The van der Waals surface area contributed by atoms with Gasteiger partial charge in [0, 0.05) is 13.1 Å². The third kappa shape index (κ3) is 1.77. The number of rotatable bonds is 3. The zero-order chi connectivity index (χ0) is 6.53. The van der Waals surface area contributed by atoms with Crippen molar-refractivity contribution in [2.75, 3.05) is 18.4 Å². The normalized spacial score (nSPS) is 9.44. The monoisotopic (exact) mass is 126 g/mol. The van der Waals surface area contributed by atoms with Crippen molar-refractivity contribution >= 4 is 5.69 Å². The van der Waals surface area contributed by atoms with Crippen LogP contribution in [0.4, 0.5) is 5.69 Å². The van der Waals surface area contributed by atoms with E-state index in [1.807, 2.05) is 6.07 Å². The molecular weight excluding hydrogens is 116 g/mol. The van der Waals surface area contributed by atoms with Gasteiger partial charge in [-0.3, -0.25) is 0 Å². The molecule has 0 radical (unpaired) electrons. The second kappa shape index (κ2) is 3.14.